The van der Waals surface area contributed by atoms with Gasteiger partial charge in [0, 0.05) is 17.3 Å². The molecule has 198 valence electrons. The van der Waals surface area contributed by atoms with Gasteiger partial charge in [-0.1, -0.05) is 0 Å². The Morgan fingerprint density at radius 1 is 1.11 bits per heavy atom. The van der Waals surface area contributed by atoms with Crippen molar-refractivity contribution in [2.24, 2.45) is 0 Å². The van der Waals surface area contributed by atoms with E-state index in [1.54, 1.807) is 10.6 Å². The molecule has 0 saturated heterocycles. The first-order valence-electron chi connectivity index (χ1n) is 13.0. The fourth-order valence-corrected chi connectivity index (χ4v) is 5.49. The molecule has 0 aliphatic heterocycles. The fraction of sp³-hybridized carbons (Fsp3) is 0.464. The average Bonchev–Trinajstić information content (AvgIpc) is 3.30. The van der Waals surface area contributed by atoms with Crippen LogP contribution in [0.2, 0.25) is 0 Å². The van der Waals surface area contributed by atoms with E-state index in [2.05, 4.69) is 32.1 Å². The van der Waals surface area contributed by atoms with E-state index in [1.807, 2.05) is 39.0 Å². The number of hydrogen-bond acceptors (Lipinski definition) is 7. The van der Waals surface area contributed by atoms with Crippen LogP contribution in [0.15, 0.2) is 36.7 Å². The number of anilines is 1. The normalized spacial score (nSPS) is 22.6. The van der Waals surface area contributed by atoms with E-state index in [0.29, 0.717) is 22.5 Å². The molecule has 10 nitrogen and oxygen atoms in total. The molecule has 3 saturated carbocycles. The van der Waals surface area contributed by atoms with Gasteiger partial charge in [-0.05, 0) is 83.6 Å². The van der Waals surface area contributed by atoms with Crippen molar-refractivity contribution in [1.29, 1.82) is 5.26 Å². The van der Waals surface area contributed by atoms with Crippen molar-refractivity contribution in [2.45, 2.75) is 76.0 Å². The van der Waals surface area contributed by atoms with E-state index in [9.17, 15) is 20.0 Å². The highest BCUT2D eigenvalue weighted by atomic mass is 16.3. The molecule has 0 radical (unpaired) electrons. The van der Waals surface area contributed by atoms with Crippen LogP contribution < -0.4 is 16.0 Å². The van der Waals surface area contributed by atoms with Crippen molar-refractivity contribution in [3.63, 3.8) is 0 Å². The third kappa shape index (κ3) is 5.20. The lowest BCUT2D eigenvalue weighted by Crippen LogP contribution is -2.54. The highest BCUT2D eigenvalue weighted by molar-refractivity contribution is 6.01. The molecular weight excluding hydrogens is 482 g/mol. The number of aliphatic hydroxyl groups is 1. The summed E-state index contributed by atoms with van der Waals surface area (Å²) in [7, 11) is 0. The Bertz CT molecular complexity index is 1420. The molecule has 3 fully saturated rings. The monoisotopic (exact) mass is 515 g/mol. The van der Waals surface area contributed by atoms with Gasteiger partial charge in [-0.25, -0.2) is 4.52 Å². The number of rotatable bonds is 6. The van der Waals surface area contributed by atoms with E-state index in [-0.39, 0.29) is 18.0 Å². The molecule has 0 atom stereocenters. The Hall–Kier alpha value is -3.97. The van der Waals surface area contributed by atoms with Gasteiger partial charge < -0.3 is 21.1 Å². The predicted octanol–water partition coefficient (Wildman–Crippen LogP) is 3.16. The quantitative estimate of drug-likeness (QED) is 0.395. The molecule has 0 spiro atoms. The number of aromatic nitrogens is 3. The molecule has 3 aliphatic rings. The summed E-state index contributed by atoms with van der Waals surface area (Å²) in [4.78, 5) is 30.1. The van der Waals surface area contributed by atoms with Gasteiger partial charge in [0.2, 0.25) is 5.91 Å². The molecule has 4 N–H and O–H groups in total. The summed E-state index contributed by atoms with van der Waals surface area (Å²) in [6.45, 7) is 5.50. The summed E-state index contributed by atoms with van der Waals surface area (Å²) in [6, 6.07) is 9.45. The first kappa shape index (κ1) is 25.7. The second kappa shape index (κ2) is 9.40. The van der Waals surface area contributed by atoms with Crippen molar-refractivity contribution in [3.05, 3.63) is 47.8 Å². The maximum Gasteiger partial charge on any atom is 0.255 e. The zero-order chi connectivity index (χ0) is 27.1. The summed E-state index contributed by atoms with van der Waals surface area (Å²) in [5, 5.41) is 33.5. The van der Waals surface area contributed by atoms with Crippen molar-refractivity contribution < 1.29 is 14.7 Å². The van der Waals surface area contributed by atoms with Gasteiger partial charge in [-0.15, -0.1) is 0 Å². The topological polar surface area (TPSA) is 144 Å². The van der Waals surface area contributed by atoms with Gasteiger partial charge in [0.05, 0.1) is 52.1 Å². The molecule has 2 amide bonds. The molecule has 3 aromatic heterocycles. The Balaban J connectivity index is 1.46. The Labute approximate surface area is 221 Å². The highest BCUT2D eigenvalue weighted by Crippen LogP contribution is 2.48. The molecule has 0 unspecified atom stereocenters. The van der Waals surface area contributed by atoms with E-state index < -0.39 is 17.0 Å². The summed E-state index contributed by atoms with van der Waals surface area (Å²) in [5.41, 5.74) is 2.35. The zero-order valence-electron chi connectivity index (χ0n) is 22.0. The number of nitriles is 1. The number of carbonyl (C=O) groups excluding carboxylic acids is 2. The molecule has 10 heteroatoms. The molecule has 0 aromatic carbocycles. The van der Waals surface area contributed by atoms with Crippen molar-refractivity contribution in [3.8, 4) is 17.5 Å². The minimum Gasteiger partial charge on any atom is -0.390 e. The Kier molecular flexibility index (Phi) is 6.35. The maximum absolute atomic E-state index is 13.3. The Morgan fingerprint density at radius 2 is 1.82 bits per heavy atom. The molecule has 3 aliphatic carbocycles. The van der Waals surface area contributed by atoms with Gasteiger partial charge in [0.25, 0.3) is 5.91 Å². The predicted molar refractivity (Wildman–Crippen MR) is 142 cm³/mol. The number of pyridine rings is 1. The summed E-state index contributed by atoms with van der Waals surface area (Å²) < 4.78 is 1.71. The van der Waals surface area contributed by atoms with Crippen LogP contribution in [0.3, 0.4) is 0 Å². The molecule has 2 bridgehead atoms. The van der Waals surface area contributed by atoms with Crippen LogP contribution in [0.4, 0.5) is 5.69 Å². The summed E-state index contributed by atoms with van der Waals surface area (Å²) >= 11 is 0. The van der Waals surface area contributed by atoms with Gasteiger partial charge >= 0.3 is 0 Å². The van der Waals surface area contributed by atoms with Crippen LogP contribution in [0.5, 0.6) is 0 Å². The number of nitrogens with one attached hydrogen (secondary N) is 3. The minimum atomic E-state index is -0.577. The van der Waals surface area contributed by atoms with Crippen LogP contribution in [0.1, 0.15) is 75.2 Å². The second-order valence-corrected chi connectivity index (χ2v) is 11.6. The molecular formula is C28H33N7O3. The van der Waals surface area contributed by atoms with Crippen LogP contribution >= 0.6 is 0 Å². The Morgan fingerprint density at radius 3 is 2.47 bits per heavy atom. The minimum absolute atomic E-state index is 0.149. The third-order valence-electron chi connectivity index (χ3n) is 7.57. The maximum atomic E-state index is 13.3. The number of hydrogen-bond donors (Lipinski definition) is 4. The van der Waals surface area contributed by atoms with E-state index in [4.69, 9.17) is 0 Å². The average molecular weight is 516 g/mol. The molecule has 38 heavy (non-hydrogen) atoms. The van der Waals surface area contributed by atoms with Crippen LogP contribution in [-0.2, 0) is 4.79 Å². The van der Waals surface area contributed by atoms with Crippen LogP contribution in [-0.4, -0.2) is 54.7 Å². The van der Waals surface area contributed by atoms with E-state index >= 15 is 0 Å². The molecule has 3 aromatic rings. The lowest BCUT2D eigenvalue weighted by atomic mass is 9.63. The number of fused-ring (bicyclic) bond motifs is 4. The molecule has 3 heterocycles. The third-order valence-corrected chi connectivity index (χ3v) is 7.57. The fourth-order valence-electron chi connectivity index (χ4n) is 5.49. The van der Waals surface area contributed by atoms with E-state index in [1.165, 1.54) is 12.4 Å². The first-order chi connectivity index (χ1) is 18.0. The van der Waals surface area contributed by atoms with E-state index in [0.717, 1.165) is 49.7 Å². The van der Waals surface area contributed by atoms with Gasteiger partial charge in [0.15, 0.2) is 0 Å². The van der Waals surface area contributed by atoms with Crippen LogP contribution in [0.25, 0.3) is 16.9 Å². The largest absolute Gasteiger partial charge is 0.390 e. The zero-order valence-corrected chi connectivity index (χ0v) is 22.0. The summed E-state index contributed by atoms with van der Waals surface area (Å²) in [6.07, 6.45) is 7.62. The number of amides is 2. The van der Waals surface area contributed by atoms with Gasteiger partial charge in [0.1, 0.15) is 6.07 Å². The van der Waals surface area contributed by atoms with Crippen molar-refractivity contribution >= 4 is 23.0 Å². The highest BCUT2D eigenvalue weighted by Gasteiger charge is 2.48. The van der Waals surface area contributed by atoms with Crippen LogP contribution in [0, 0.1) is 11.3 Å². The summed E-state index contributed by atoms with van der Waals surface area (Å²) in [5.74, 6) is -0.670. The van der Waals surface area contributed by atoms with Gasteiger partial charge in [-0.2, -0.15) is 10.4 Å². The lowest BCUT2D eigenvalue weighted by molar-refractivity contribution is -0.121. The second-order valence-electron chi connectivity index (χ2n) is 11.6. The lowest BCUT2D eigenvalue weighted by Gasteiger charge is -2.51. The van der Waals surface area contributed by atoms with Crippen molar-refractivity contribution in [1.82, 2.24) is 25.2 Å². The molecule has 6 rings (SSSR count). The smallest absolute Gasteiger partial charge is 0.255 e. The number of carbonyl (C=O) groups is 2. The standard InChI is InChI=1S/C28H33N7O3/c1-26(2,3)34-24(36)17-31-25(37)20-16-30-22(23-5-4-19-12-18(14-29)15-32-35(19)23)13-21(20)33-27-6-9-28(38,10-7-27)11-8-27/h4-5,12-13,15-16,38H,6-11,17H2,1-3H3,(H,30,33)(H,31,37)(H,34,36). The SMILES string of the molecule is CC(C)(C)NC(=O)CNC(=O)c1cnc(-c2ccc3cc(C#N)cnn23)cc1NC12CCC(O)(CC1)CC2. The van der Waals surface area contributed by atoms with Gasteiger partial charge in [-0.3, -0.25) is 14.6 Å². The number of nitrogens with zero attached hydrogens (tertiary/aromatic N) is 4. The first-order valence-corrected chi connectivity index (χ1v) is 13.0. The van der Waals surface area contributed by atoms with Crippen molar-refractivity contribution in [2.75, 3.05) is 11.9 Å².